The lowest BCUT2D eigenvalue weighted by molar-refractivity contribution is 0.135. The molecule has 0 rings (SSSR count). The van der Waals surface area contributed by atoms with E-state index >= 15 is 0 Å². The van der Waals surface area contributed by atoms with Gasteiger partial charge in [0.25, 0.3) is 0 Å². The van der Waals surface area contributed by atoms with E-state index in [2.05, 4.69) is 6.92 Å². The Kier molecular flexibility index (Phi) is 10.3. The third kappa shape index (κ3) is 7.46. The van der Waals surface area contributed by atoms with Crippen LogP contribution < -0.4 is 23.2 Å². The highest BCUT2D eigenvalue weighted by atomic mass is 16.2. The molecule has 0 aromatic carbocycles. The van der Waals surface area contributed by atoms with Gasteiger partial charge in [-0.25, -0.2) is 21.3 Å². The van der Waals surface area contributed by atoms with Crippen LogP contribution in [0, 0.1) is 0 Å². The van der Waals surface area contributed by atoms with Gasteiger partial charge in [-0.05, 0) is 19.3 Å². The van der Waals surface area contributed by atoms with Gasteiger partial charge in [0.1, 0.15) is 0 Å². The number of primary amides is 2. The predicted octanol–water partition coefficient (Wildman–Crippen LogP) is 1.39. The number of amides is 4. The second-order valence-corrected chi connectivity index (χ2v) is 5.67. The Morgan fingerprint density at radius 2 is 1.32 bits per heavy atom. The first-order chi connectivity index (χ1) is 10.3. The summed E-state index contributed by atoms with van der Waals surface area (Å²) in [5, 5.41) is 2.07. The normalized spacial score (nSPS) is 13.5. The highest BCUT2D eigenvalue weighted by Crippen LogP contribution is 2.18. The van der Waals surface area contributed by atoms with Crippen molar-refractivity contribution in [1.29, 1.82) is 0 Å². The molecule has 0 saturated carbocycles. The second-order valence-electron chi connectivity index (χ2n) is 5.67. The summed E-state index contributed by atoms with van der Waals surface area (Å²) in [6.45, 7) is 4.12. The van der Waals surface area contributed by atoms with Crippen molar-refractivity contribution >= 4 is 12.1 Å². The summed E-state index contributed by atoms with van der Waals surface area (Å²) in [4.78, 5) is 22.6. The number of urea groups is 2. The number of unbranched alkanes of at least 4 members (excludes halogenated alkanes) is 3. The molecule has 8 nitrogen and oxygen atoms in total. The molecule has 22 heavy (non-hydrogen) atoms. The Hall–Kier alpha value is -1.54. The first kappa shape index (κ1) is 20.5. The Bertz CT molecular complexity index is 339. The molecule has 2 atom stereocenters. The molecule has 130 valence electrons. The molecule has 0 bridgehead atoms. The van der Waals surface area contributed by atoms with Crippen LogP contribution in [0.3, 0.4) is 0 Å². The number of hydrogen-bond donors (Lipinski definition) is 4. The number of nitrogens with two attached hydrogens (primary N) is 4. The zero-order valence-electron chi connectivity index (χ0n) is 13.8. The van der Waals surface area contributed by atoms with E-state index in [1.807, 2.05) is 6.92 Å². The molecule has 0 aliphatic rings. The first-order valence-corrected chi connectivity index (χ1v) is 8.01. The molecule has 0 aliphatic carbocycles. The summed E-state index contributed by atoms with van der Waals surface area (Å²) in [5.74, 6) is 11.5. The van der Waals surface area contributed by atoms with Gasteiger partial charge in [0, 0.05) is 0 Å². The summed E-state index contributed by atoms with van der Waals surface area (Å²) < 4.78 is 0. The van der Waals surface area contributed by atoms with Crippen molar-refractivity contribution in [1.82, 2.24) is 10.0 Å². The molecule has 2 unspecified atom stereocenters. The standard InChI is InChI=1S/C14H32N6O2/c1-3-5-6-7-9-12(20(18)14(16)22)10-11(8-4-2)19(17)13(15)21/h11-12H,3-10,17-18H2,1-2H3,(H2,15,21)(H2,16,22). The minimum Gasteiger partial charge on any atom is -0.350 e. The molecular weight excluding hydrogens is 284 g/mol. The molecule has 0 fully saturated rings. The van der Waals surface area contributed by atoms with Crippen LogP contribution in [0.5, 0.6) is 0 Å². The molecule has 8 heteroatoms. The van der Waals surface area contributed by atoms with E-state index in [0.717, 1.165) is 48.5 Å². The summed E-state index contributed by atoms with van der Waals surface area (Å²) in [6.07, 6.45) is 7.01. The molecule has 0 heterocycles. The quantitative estimate of drug-likeness (QED) is 0.197. The van der Waals surface area contributed by atoms with Crippen LogP contribution in [0.4, 0.5) is 9.59 Å². The van der Waals surface area contributed by atoms with Crippen molar-refractivity contribution < 1.29 is 9.59 Å². The summed E-state index contributed by atoms with van der Waals surface area (Å²) in [7, 11) is 0. The zero-order valence-corrected chi connectivity index (χ0v) is 13.8. The van der Waals surface area contributed by atoms with Crippen molar-refractivity contribution in [3.8, 4) is 0 Å². The number of rotatable bonds is 11. The lowest BCUT2D eigenvalue weighted by atomic mass is 9.97. The van der Waals surface area contributed by atoms with E-state index < -0.39 is 12.1 Å². The fourth-order valence-corrected chi connectivity index (χ4v) is 2.55. The molecule has 0 aromatic rings. The average molecular weight is 316 g/mol. The van der Waals surface area contributed by atoms with E-state index in [9.17, 15) is 9.59 Å². The van der Waals surface area contributed by atoms with Crippen LogP contribution in [0.25, 0.3) is 0 Å². The smallest absolute Gasteiger partial charge is 0.329 e. The largest absolute Gasteiger partial charge is 0.350 e. The molecule has 0 spiro atoms. The van der Waals surface area contributed by atoms with Crippen LogP contribution in [-0.2, 0) is 0 Å². The summed E-state index contributed by atoms with van der Waals surface area (Å²) >= 11 is 0. The summed E-state index contributed by atoms with van der Waals surface area (Å²) in [6, 6.07) is -1.88. The third-order valence-electron chi connectivity index (χ3n) is 3.85. The number of nitrogens with zero attached hydrogens (tertiary/aromatic N) is 2. The molecule has 0 saturated heterocycles. The fourth-order valence-electron chi connectivity index (χ4n) is 2.55. The van der Waals surface area contributed by atoms with Gasteiger partial charge in [-0.2, -0.15) is 0 Å². The van der Waals surface area contributed by atoms with Gasteiger partial charge in [0.05, 0.1) is 12.1 Å². The van der Waals surface area contributed by atoms with Gasteiger partial charge in [-0.1, -0.05) is 46.0 Å². The third-order valence-corrected chi connectivity index (χ3v) is 3.85. The Morgan fingerprint density at radius 1 is 0.818 bits per heavy atom. The zero-order chi connectivity index (χ0) is 17.1. The minimum absolute atomic E-state index is 0.253. The number of carbonyl (C=O) groups excluding carboxylic acids is 2. The van der Waals surface area contributed by atoms with E-state index in [-0.39, 0.29) is 12.1 Å². The minimum atomic E-state index is -0.689. The molecule has 8 N–H and O–H groups in total. The maximum Gasteiger partial charge on any atom is 0.329 e. The Morgan fingerprint density at radius 3 is 1.73 bits per heavy atom. The van der Waals surface area contributed by atoms with Crippen LogP contribution in [0.15, 0.2) is 0 Å². The van der Waals surface area contributed by atoms with Crippen LogP contribution in [0.2, 0.25) is 0 Å². The van der Waals surface area contributed by atoms with E-state index in [1.165, 1.54) is 0 Å². The second kappa shape index (κ2) is 11.1. The molecule has 0 aromatic heterocycles. The van der Waals surface area contributed by atoms with Crippen molar-refractivity contribution in [3.05, 3.63) is 0 Å². The van der Waals surface area contributed by atoms with Crippen molar-refractivity contribution in [2.75, 3.05) is 0 Å². The van der Waals surface area contributed by atoms with Crippen LogP contribution >= 0.6 is 0 Å². The van der Waals surface area contributed by atoms with Gasteiger partial charge >= 0.3 is 12.1 Å². The number of hydrazine groups is 2. The maximum absolute atomic E-state index is 11.4. The fraction of sp³-hybridized carbons (Fsp3) is 0.857. The van der Waals surface area contributed by atoms with Gasteiger partial charge in [-0.15, -0.1) is 0 Å². The van der Waals surface area contributed by atoms with Crippen LogP contribution in [-0.4, -0.2) is 34.2 Å². The highest BCUT2D eigenvalue weighted by Gasteiger charge is 2.26. The van der Waals surface area contributed by atoms with Crippen molar-refractivity contribution in [3.63, 3.8) is 0 Å². The average Bonchev–Trinajstić information content (AvgIpc) is 2.47. The van der Waals surface area contributed by atoms with Crippen LogP contribution in [0.1, 0.15) is 65.2 Å². The number of carbonyl (C=O) groups is 2. The number of hydrogen-bond acceptors (Lipinski definition) is 4. The van der Waals surface area contributed by atoms with Crippen molar-refractivity contribution in [2.24, 2.45) is 23.2 Å². The predicted molar refractivity (Wildman–Crippen MR) is 87.1 cm³/mol. The topological polar surface area (TPSA) is 145 Å². The molecule has 4 amide bonds. The van der Waals surface area contributed by atoms with E-state index in [1.54, 1.807) is 0 Å². The van der Waals surface area contributed by atoms with Gasteiger partial charge in [0.15, 0.2) is 0 Å². The van der Waals surface area contributed by atoms with Gasteiger partial charge < -0.3 is 11.5 Å². The lowest BCUT2D eigenvalue weighted by Crippen LogP contribution is -2.54. The highest BCUT2D eigenvalue weighted by molar-refractivity contribution is 5.72. The molecule has 0 aliphatic heterocycles. The SMILES string of the molecule is CCCCCCC(CC(CCC)N(N)C(N)=O)N(N)C(N)=O. The first-order valence-electron chi connectivity index (χ1n) is 8.01. The Balaban J connectivity index is 4.81. The van der Waals surface area contributed by atoms with Crippen molar-refractivity contribution in [2.45, 2.75) is 77.3 Å². The Labute approximate surface area is 133 Å². The monoisotopic (exact) mass is 316 g/mol. The van der Waals surface area contributed by atoms with Gasteiger partial charge in [0.2, 0.25) is 0 Å². The van der Waals surface area contributed by atoms with E-state index in [4.69, 9.17) is 23.2 Å². The van der Waals surface area contributed by atoms with Gasteiger partial charge in [-0.3, -0.25) is 10.0 Å². The lowest BCUT2D eigenvalue weighted by Gasteiger charge is -2.33. The summed E-state index contributed by atoms with van der Waals surface area (Å²) in [5.41, 5.74) is 10.5. The van der Waals surface area contributed by atoms with E-state index in [0.29, 0.717) is 12.8 Å². The molecule has 0 radical (unpaired) electrons. The maximum atomic E-state index is 11.4. The molecular formula is C14H32N6O2.